The van der Waals surface area contributed by atoms with Crippen molar-refractivity contribution in [3.8, 4) is 0 Å². The van der Waals surface area contributed by atoms with E-state index >= 15 is 0 Å². The zero-order chi connectivity index (χ0) is 18.7. The van der Waals surface area contributed by atoms with Gasteiger partial charge in [0.05, 0.1) is 11.8 Å². The molecular formula is C19H24N2O4. The van der Waals surface area contributed by atoms with Crippen LogP contribution in [-0.2, 0) is 14.4 Å². The highest BCUT2D eigenvalue weighted by molar-refractivity contribution is 5.96. The number of nitrogens with one attached hydrogen (secondary N) is 1. The minimum absolute atomic E-state index is 0.0825. The van der Waals surface area contributed by atoms with Gasteiger partial charge in [0.2, 0.25) is 11.8 Å². The zero-order valence-corrected chi connectivity index (χ0v) is 15.0. The van der Waals surface area contributed by atoms with Gasteiger partial charge in [-0.05, 0) is 51.0 Å². The molecule has 25 heavy (non-hydrogen) atoms. The van der Waals surface area contributed by atoms with Crippen molar-refractivity contribution in [2.75, 3.05) is 17.3 Å². The minimum atomic E-state index is -0.939. The van der Waals surface area contributed by atoms with Crippen LogP contribution in [0.5, 0.6) is 0 Å². The Morgan fingerprint density at radius 3 is 2.04 bits per heavy atom. The summed E-state index contributed by atoms with van der Waals surface area (Å²) in [6, 6.07) is 6.89. The molecule has 0 bridgehead atoms. The Bertz CT molecular complexity index is 721. The molecule has 2 N–H and O–H groups in total. The molecule has 0 fully saturated rings. The molecule has 0 aromatic heterocycles. The van der Waals surface area contributed by atoms with Crippen LogP contribution in [0.3, 0.4) is 0 Å². The predicted octanol–water partition coefficient (Wildman–Crippen LogP) is 3.06. The number of carbonyl (C=O) groups excluding carboxylic acids is 2. The van der Waals surface area contributed by atoms with Crippen molar-refractivity contribution in [2.24, 2.45) is 11.8 Å². The van der Waals surface area contributed by atoms with E-state index in [1.165, 1.54) is 11.8 Å². The number of amides is 2. The predicted molar refractivity (Wildman–Crippen MR) is 96.4 cm³/mol. The van der Waals surface area contributed by atoms with Crippen LogP contribution in [0, 0.1) is 11.8 Å². The summed E-state index contributed by atoms with van der Waals surface area (Å²) in [5.41, 5.74) is 3.43. The second-order valence-corrected chi connectivity index (χ2v) is 6.63. The summed E-state index contributed by atoms with van der Waals surface area (Å²) in [6.07, 6.45) is 0.862. The maximum atomic E-state index is 12.6. The van der Waals surface area contributed by atoms with E-state index in [-0.39, 0.29) is 11.8 Å². The van der Waals surface area contributed by atoms with Crippen molar-refractivity contribution >= 4 is 29.2 Å². The second-order valence-electron chi connectivity index (χ2n) is 6.63. The van der Waals surface area contributed by atoms with Crippen molar-refractivity contribution in [3.05, 3.63) is 35.4 Å². The number of rotatable bonds is 4. The van der Waals surface area contributed by atoms with Gasteiger partial charge >= 0.3 is 5.97 Å². The van der Waals surface area contributed by atoms with Crippen LogP contribution in [0.1, 0.15) is 33.6 Å². The third kappa shape index (κ3) is 4.26. The van der Waals surface area contributed by atoms with E-state index in [0.717, 1.165) is 16.8 Å². The third-order valence-electron chi connectivity index (χ3n) is 4.91. The molecule has 0 unspecified atom stereocenters. The van der Waals surface area contributed by atoms with Gasteiger partial charge in [-0.1, -0.05) is 11.1 Å². The number of hydrogen-bond donors (Lipinski definition) is 2. The van der Waals surface area contributed by atoms with Gasteiger partial charge in [0.1, 0.15) is 0 Å². The molecule has 0 saturated carbocycles. The smallest absolute Gasteiger partial charge is 0.307 e. The molecule has 0 spiro atoms. The van der Waals surface area contributed by atoms with E-state index in [2.05, 4.69) is 5.32 Å². The summed E-state index contributed by atoms with van der Waals surface area (Å²) in [5, 5.41) is 12.2. The molecule has 0 heterocycles. The van der Waals surface area contributed by atoms with E-state index < -0.39 is 17.8 Å². The van der Waals surface area contributed by atoms with Crippen molar-refractivity contribution in [2.45, 2.75) is 33.6 Å². The van der Waals surface area contributed by atoms with Gasteiger partial charge in [0.15, 0.2) is 0 Å². The Labute approximate surface area is 147 Å². The van der Waals surface area contributed by atoms with Crippen molar-refractivity contribution in [1.82, 2.24) is 0 Å². The Hall–Kier alpha value is -2.63. The van der Waals surface area contributed by atoms with E-state index in [9.17, 15) is 19.5 Å². The Morgan fingerprint density at radius 2 is 1.56 bits per heavy atom. The average Bonchev–Trinajstić information content (AvgIpc) is 2.56. The minimum Gasteiger partial charge on any atom is -0.481 e. The van der Waals surface area contributed by atoms with Crippen LogP contribution < -0.4 is 10.2 Å². The Morgan fingerprint density at radius 1 is 1.04 bits per heavy atom. The molecule has 6 heteroatoms. The molecule has 2 atom stereocenters. The quantitative estimate of drug-likeness (QED) is 0.822. The van der Waals surface area contributed by atoms with Gasteiger partial charge in [-0.3, -0.25) is 14.4 Å². The van der Waals surface area contributed by atoms with Crippen LogP contribution in [0.2, 0.25) is 0 Å². The largest absolute Gasteiger partial charge is 0.481 e. The van der Waals surface area contributed by atoms with Crippen molar-refractivity contribution in [1.29, 1.82) is 0 Å². The molecule has 1 aromatic carbocycles. The van der Waals surface area contributed by atoms with Gasteiger partial charge < -0.3 is 15.3 Å². The van der Waals surface area contributed by atoms with Gasteiger partial charge in [-0.25, -0.2) is 0 Å². The molecule has 134 valence electrons. The zero-order valence-electron chi connectivity index (χ0n) is 15.0. The third-order valence-corrected chi connectivity index (χ3v) is 4.91. The van der Waals surface area contributed by atoms with E-state index in [1.54, 1.807) is 31.3 Å². The number of anilines is 2. The molecule has 1 aliphatic rings. The fourth-order valence-electron chi connectivity index (χ4n) is 3.01. The number of hydrogen-bond acceptors (Lipinski definition) is 3. The number of carbonyl (C=O) groups is 3. The number of benzene rings is 1. The van der Waals surface area contributed by atoms with Crippen molar-refractivity contribution < 1.29 is 19.5 Å². The lowest BCUT2D eigenvalue weighted by atomic mass is 9.76. The first-order valence-corrected chi connectivity index (χ1v) is 8.24. The number of aliphatic carboxylic acids is 1. The first kappa shape index (κ1) is 18.7. The lowest BCUT2D eigenvalue weighted by molar-refractivity contribution is -0.146. The highest BCUT2D eigenvalue weighted by Crippen LogP contribution is 2.35. The summed E-state index contributed by atoms with van der Waals surface area (Å²) >= 11 is 0. The Kier molecular flexibility index (Phi) is 5.62. The lowest BCUT2D eigenvalue weighted by Crippen LogP contribution is -2.36. The monoisotopic (exact) mass is 344 g/mol. The molecule has 1 aliphatic carbocycles. The average molecular weight is 344 g/mol. The Balaban J connectivity index is 2.13. The summed E-state index contributed by atoms with van der Waals surface area (Å²) < 4.78 is 0. The van der Waals surface area contributed by atoms with Gasteiger partial charge in [-0.15, -0.1) is 0 Å². The van der Waals surface area contributed by atoms with E-state index in [0.29, 0.717) is 18.5 Å². The molecular weight excluding hydrogens is 320 g/mol. The van der Waals surface area contributed by atoms with E-state index in [4.69, 9.17) is 0 Å². The lowest BCUT2D eigenvalue weighted by Gasteiger charge is -2.29. The highest BCUT2D eigenvalue weighted by atomic mass is 16.4. The summed E-state index contributed by atoms with van der Waals surface area (Å²) in [5.74, 6) is -2.59. The molecule has 1 aromatic rings. The van der Waals surface area contributed by atoms with Crippen LogP contribution in [0.15, 0.2) is 35.4 Å². The summed E-state index contributed by atoms with van der Waals surface area (Å²) in [6.45, 7) is 5.34. The number of carboxylic acid groups (broad SMARTS) is 1. The number of carboxylic acids is 1. The molecule has 6 nitrogen and oxygen atoms in total. The first-order chi connectivity index (χ1) is 11.7. The van der Waals surface area contributed by atoms with Crippen LogP contribution >= 0.6 is 0 Å². The van der Waals surface area contributed by atoms with Gasteiger partial charge in [-0.2, -0.15) is 0 Å². The van der Waals surface area contributed by atoms with Crippen molar-refractivity contribution in [3.63, 3.8) is 0 Å². The maximum absolute atomic E-state index is 12.6. The SMILES string of the molecule is CC(=O)N(C)c1ccc(NC(=O)[C@@H]2CC(C)=C(C)C[C@H]2C(=O)O)cc1. The second kappa shape index (κ2) is 7.51. The van der Waals surface area contributed by atoms with Crippen LogP contribution in [0.25, 0.3) is 0 Å². The van der Waals surface area contributed by atoms with E-state index in [1.807, 2.05) is 13.8 Å². The fraction of sp³-hybridized carbons (Fsp3) is 0.421. The molecule has 0 saturated heterocycles. The van der Waals surface area contributed by atoms with Gasteiger partial charge in [0.25, 0.3) is 0 Å². The molecule has 0 radical (unpaired) electrons. The standard InChI is InChI=1S/C19H24N2O4/c1-11-9-16(17(19(24)25)10-12(11)2)18(23)20-14-5-7-15(8-6-14)21(4)13(3)22/h5-8,16-17H,9-10H2,1-4H3,(H,20,23)(H,24,25)/t16-,17-/m1/s1. The fourth-order valence-corrected chi connectivity index (χ4v) is 3.01. The molecule has 2 rings (SSSR count). The maximum Gasteiger partial charge on any atom is 0.307 e. The normalized spacial score (nSPS) is 20.2. The van der Waals surface area contributed by atoms with Crippen LogP contribution in [0.4, 0.5) is 11.4 Å². The number of nitrogens with zero attached hydrogens (tertiary/aromatic N) is 1. The molecule has 0 aliphatic heterocycles. The summed E-state index contributed by atoms with van der Waals surface area (Å²) in [4.78, 5) is 37.0. The van der Waals surface area contributed by atoms with Gasteiger partial charge in [0, 0.05) is 25.3 Å². The summed E-state index contributed by atoms with van der Waals surface area (Å²) in [7, 11) is 1.67. The number of allylic oxidation sites excluding steroid dienone is 2. The highest BCUT2D eigenvalue weighted by Gasteiger charge is 2.37. The first-order valence-electron chi connectivity index (χ1n) is 8.24. The molecule has 2 amide bonds. The van der Waals surface area contributed by atoms with Crippen LogP contribution in [-0.4, -0.2) is 29.9 Å². The topological polar surface area (TPSA) is 86.7 Å².